The normalized spacial score (nSPS) is 10.2. The van der Waals surface area contributed by atoms with Crippen LogP contribution in [0.1, 0.15) is 27.3 Å². The zero-order valence-electron chi connectivity index (χ0n) is 15.6. The van der Waals surface area contributed by atoms with E-state index in [1.807, 2.05) is 30.3 Å². The molecular weight excluding hydrogens is 436 g/mol. The lowest BCUT2D eigenvalue weighted by molar-refractivity contribution is -0.143. The molecule has 3 rings (SSSR count). The number of nitrogens with one attached hydrogen (secondary N) is 1. The molecule has 0 fully saturated rings. The number of rotatable bonds is 6. The maximum atomic E-state index is 12.1. The first-order valence-electron chi connectivity index (χ1n) is 8.73. The largest absolute Gasteiger partial charge is 0.458 e. The lowest BCUT2D eigenvalue weighted by Gasteiger charge is -2.10. The highest BCUT2D eigenvalue weighted by molar-refractivity contribution is 9.10. The van der Waals surface area contributed by atoms with Gasteiger partial charge in [0.1, 0.15) is 24.8 Å². The number of carbonyl (C=O) groups excluding carboxylic acids is 2. The first kappa shape index (κ1) is 20.3. The van der Waals surface area contributed by atoms with Crippen molar-refractivity contribution in [3.8, 4) is 11.8 Å². The van der Waals surface area contributed by atoms with Crippen LogP contribution in [0.2, 0.25) is 0 Å². The fraction of sp³-hybridized carbons (Fsp3) is 0.143. The van der Waals surface area contributed by atoms with Gasteiger partial charge in [-0.25, -0.2) is 4.68 Å². The first-order valence-corrected chi connectivity index (χ1v) is 9.52. The molecule has 146 valence electrons. The van der Waals surface area contributed by atoms with Gasteiger partial charge < -0.3 is 10.1 Å². The number of halogens is 1. The zero-order chi connectivity index (χ0) is 20.8. The topological polar surface area (TPSA) is 97.0 Å². The van der Waals surface area contributed by atoms with Crippen molar-refractivity contribution in [3.63, 3.8) is 0 Å². The monoisotopic (exact) mass is 452 g/mol. The highest BCUT2D eigenvalue weighted by Gasteiger charge is 2.18. The molecular formula is C21H17BrN4O3. The molecule has 1 heterocycles. The Morgan fingerprint density at radius 1 is 1.21 bits per heavy atom. The molecule has 7 nitrogen and oxygen atoms in total. The molecule has 0 aliphatic rings. The third-order valence-corrected chi connectivity index (χ3v) is 4.61. The lowest BCUT2D eigenvalue weighted by atomic mass is 10.2. The minimum Gasteiger partial charge on any atom is -0.458 e. The van der Waals surface area contributed by atoms with E-state index in [4.69, 9.17) is 4.74 Å². The average molecular weight is 453 g/mol. The van der Waals surface area contributed by atoms with Gasteiger partial charge in [-0.05, 0) is 37.3 Å². The van der Waals surface area contributed by atoms with Crippen molar-refractivity contribution in [2.75, 3.05) is 6.54 Å². The number of hydrogen-bond donors (Lipinski definition) is 1. The Labute approximate surface area is 176 Å². The fourth-order valence-electron chi connectivity index (χ4n) is 2.72. The zero-order valence-corrected chi connectivity index (χ0v) is 17.1. The summed E-state index contributed by atoms with van der Waals surface area (Å²) in [6.07, 6.45) is 0. The van der Waals surface area contributed by atoms with Crippen LogP contribution in [0.4, 0.5) is 0 Å². The van der Waals surface area contributed by atoms with Crippen molar-refractivity contribution < 1.29 is 14.3 Å². The van der Waals surface area contributed by atoms with E-state index in [9.17, 15) is 14.9 Å². The summed E-state index contributed by atoms with van der Waals surface area (Å²) in [6.45, 7) is 1.30. The van der Waals surface area contributed by atoms with Crippen molar-refractivity contribution >= 4 is 27.8 Å². The SMILES string of the molecule is Cc1nn(-c2ccccc2)c(COC(=O)CNC(=O)c2cccc(Br)c2)c1C#N. The van der Waals surface area contributed by atoms with Crippen molar-refractivity contribution in [1.82, 2.24) is 15.1 Å². The molecule has 0 bridgehead atoms. The molecule has 0 atom stereocenters. The van der Waals surface area contributed by atoms with E-state index >= 15 is 0 Å². The molecule has 1 aromatic heterocycles. The number of aryl methyl sites for hydroxylation is 1. The van der Waals surface area contributed by atoms with Gasteiger partial charge in [0.15, 0.2) is 0 Å². The first-order chi connectivity index (χ1) is 14.0. The van der Waals surface area contributed by atoms with Crippen LogP contribution < -0.4 is 5.32 Å². The molecule has 0 radical (unpaired) electrons. The van der Waals surface area contributed by atoms with Gasteiger partial charge in [0, 0.05) is 10.0 Å². The molecule has 3 aromatic rings. The van der Waals surface area contributed by atoms with Crippen molar-refractivity contribution in [2.24, 2.45) is 0 Å². The Kier molecular flexibility index (Phi) is 6.42. The maximum Gasteiger partial charge on any atom is 0.325 e. The average Bonchev–Trinajstić information content (AvgIpc) is 3.06. The summed E-state index contributed by atoms with van der Waals surface area (Å²) in [4.78, 5) is 24.2. The summed E-state index contributed by atoms with van der Waals surface area (Å²) in [5, 5.41) is 16.3. The third-order valence-electron chi connectivity index (χ3n) is 4.12. The number of esters is 1. The molecule has 0 spiro atoms. The number of nitrogens with zero attached hydrogens (tertiary/aromatic N) is 3. The second-order valence-electron chi connectivity index (χ2n) is 6.12. The Hall–Kier alpha value is -3.44. The van der Waals surface area contributed by atoms with Gasteiger partial charge in [-0.1, -0.05) is 40.2 Å². The molecule has 0 aliphatic carbocycles. The maximum absolute atomic E-state index is 12.1. The van der Waals surface area contributed by atoms with E-state index in [1.165, 1.54) is 0 Å². The van der Waals surface area contributed by atoms with Gasteiger partial charge >= 0.3 is 5.97 Å². The number of carbonyl (C=O) groups is 2. The minimum atomic E-state index is -0.615. The summed E-state index contributed by atoms with van der Waals surface area (Å²) >= 11 is 3.30. The molecule has 1 amide bonds. The summed E-state index contributed by atoms with van der Waals surface area (Å²) in [7, 11) is 0. The van der Waals surface area contributed by atoms with Gasteiger partial charge in [-0.3, -0.25) is 9.59 Å². The van der Waals surface area contributed by atoms with Crippen LogP contribution in [0.3, 0.4) is 0 Å². The van der Waals surface area contributed by atoms with E-state index in [-0.39, 0.29) is 19.1 Å². The molecule has 8 heteroatoms. The minimum absolute atomic E-state index is 0.135. The third kappa shape index (κ3) is 4.89. The quantitative estimate of drug-likeness (QED) is 0.578. The van der Waals surface area contributed by atoms with Gasteiger partial charge in [-0.15, -0.1) is 0 Å². The van der Waals surface area contributed by atoms with E-state index in [0.29, 0.717) is 22.5 Å². The van der Waals surface area contributed by atoms with Crippen molar-refractivity contribution in [3.05, 3.63) is 81.6 Å². The van der Waals surface area contributed by atoms with Crippen LogP contribution in [-0.2, 0) is 16.1 Å². The Morgan fingerprint density at radius 3 is 2.66 bits per heavy atom. The van der Waals surface area contributed by atoms with Crippen LogP contribution in [0.25, 0.3) is 5.69 Å². The van der Waals surface area contributed by atoms with Crippen LogP contribution in [0.15, 0.2) is 59.1 Å². The highest BCUT2D eigenvalue weighted by atomic mass is 79.9. The standard InChI is InChI=1S/C21H17BrN4O3/c1-14-18(11-23)19(26(25-14)17-8-3-2-4-9-17)13-29-20(27)12-24-21(28)15-6-5-7-16(22)10-15/h2-10H,12-13H2,1H3,(H,24,28). The lowest BCUT2D eigenvalue weighted by Crippen LogP contribution is -2.30. The molecule has 0 saturated heterocycles. The Bertz CT molecular complexity index is 1090. The molecule has 29 heavy (non-hydrogen) atoms. The molecule has 2 aromatic carbocycles. The van der Waals surface area contributed by atoms with Crippen LogP contribution >= 0.6 is 15.9 Å². The predicted octanol–water partition coefficient (Wildman–Crippen LogP) is 3.29. The molecule has 0 unspecified atom stereocenters. The van der Waals surface area contributed by atoms with Gasteiger partial charge in [0.25, 0.3) is 5.91 Å². The van der Waals surface area contributed by atoms with Crippen LogP contribution in [0.5, 0.6) is 0 Å². The number of amides is 1. The molecule has 1 N–H and O–H groups in total. The number of para-hydroxylation sites is 1. The van der Waals surface area contributed by atoms with Crippen LogP contribution in [-0.4, -0.2) is 28.2 Å². The van der Waals surface area contributed by atoms with Gasteiger partial charge in [-0.2, -0.15) is 10.4 Å². The Morgan fingerprint density at radius 2 is 1.97 bits per heavy atom. The van der Waals surface area contributed by atoms with E-state index in [2.05, 4.69) is 32.4 Å². The van der Waals surface area contributed by atoms with Crippen molar-refractivity contribution in [2.45, 2.75) is 13.5 Å². The summed E-state index contributed by atoms with van der Waals surface area (Å²) in [6, 6.07) is 18.2. The van der Waals surface area contributed by atoms with Crippen LogP contribution in [0, 0.1) is 18.3 Å². The highest BCUT2D eigenvalue weighted by Crippen LogP contribution is 2.19. The molecule has 0 aliphatic heterocycles. The number of hydrogen-bond acceptors (Lipinski definition) is 5. The Balaban J connectivity index is 1.66. The number of ether oxygens (including phenoxy) is 1. The van der Waals surface area contributed by atoms with E-state index < -0.39 is 5.97 Å². The number of benzene rings is 2. The summed E-state index contributed by atoms with van der Waals surface area (Å²) in [5.74, 6) is -0.998. The number of aromatic nitrogens is 2. The second-order valence-corrected chi connectivity index (χ2v) is 7.04. The fourth-order valence-corrected chi connectivity index (χ4v) is 3.12. The van der Waals surface area contributed by atoms with Gasteiger partial charge in [0.2, 0.25) is 0 Å². The van der Waals surface area contributed by atoms with Crippen molar-refractivity contribution in [1.29, 1.82) is 5.26 Å². The molecule has 0 saturated carbocycles. The van der Waals surface area contributed by atoms with E-state index in [0.717, 1.165) is 10.2 Å². The second kappa shape index (κ2) is 9.17. The summed E-state index contributed by atoms with van der Waals surface area (Å²) < 4.78 is 7.63. The van der Waals surface area contributed by atoms with E-state index in [1.54, 1.807) is 35.9 Å². The van der Waals surface area contributed by atoms with Gasteiger partial charge in [0.05, 0.1) is 17.1 Å². The predicted molar refractivity (Wildman–Crippen MR) is 109 cm³/mol. The number of nitriles is 1. The summed E-state index contributed by atoms with van der Waals surface area (Å²) in [5.41, 5.74) is 2.57. The smallest absolute Gasteiger partial charge is 0.325 e.